The molecule has 2 heteroatoms. The summed E-state index contributed by atoms with van der Waals surface area (Å²) in [6, 6.07) is 28.8. The van der Waals surface area contributed by atoms with Crippen molar-refractivity contribution in [2.24, 2.45) is 7.05 Å². The van der Waals surface area contributed by atoms with Crippen molar-refractivity contribution < 1.29 is 8.98 Å². The first-order valence-corrected chi connectivity index (χ1v) is 14.1. The molecule has 39 heavy (non-hydrogen) atoms. The summed E-state index contributed by atoms with van der Waals surface area (Å²) in [7, 11) is 2.13. The van der Waals surface area contributed by atoms with Crippen LogP contribution in [0.4, 0.5) is 0 Å². The van der Waals surface area contributed by atoms with Gasteiger partial charge in [0.05, 0.1) is 5.56 Å². The van der Waals surface area contributed by atoms with E-state index < -0.39 is 0 Å². The van der Waals surface area contributed by atoms with E-state index in [1.165, 1.54) is 67.8 Å². The first-order valence-electron chi connectivity index (χ1n) is 14.1. The van der Waals surface area contributed by atoms with Crippen molar-refractivity contribution >= 4 is 32.7 Å². The molecule has 2 aromatic heterocycles. The summed E-state index contributed by atoms with van der Waals surface area (Å²) < 4.78 is 9.26. The van der Waals surface area contributed by atoms with E-state index in [0.29, 0.717) is 0 Å². The molecule has 0 saturated carbocycles. The van der Waals surface area contributed by atoms with E-state index in [9.17, 15) is 0 Å². The van der Waals surface area contributed by atoms with Crippen molar-refractivity contribution in [2.45, 2.75) is 58.3 Å². The first-order chi connectivity index (χ1) is 18.7. The molecule has 7 rings (SSSR count). The summed E-state index contributed by atoms with van der Waals surface area (Å²) in [5.74, 6) is 0. The number of benzene rings is 4. The van der Waals surface area contributed by atoms with Gasteiger partial charge in [0.1, 0.15) is 18.2 Å². The number of furan rings is 1. The van der Waals surface area contributed by atoms with Crippen molar-refractivity contribution in [3.63, 3.8) is 0 Å². The molecule has 0 aliphatic heterocycles. The van der Waals surface area contributed by atoms with E-state index >= 15 is 0 Å². The van der Waals surface area contributed by atoms with Gasteiger partial charge in [-0.1, -0.05) is 88.4 Å². The van der Waals surface area contributed by atoms with Gasteiger partial charge in [0.25, 0.3) is 0 Å². The van der Waals surface area contributed by atoms with Gasteiger partial charge in [0, 0.05) is 28.3 Å². The van der Waals surface area contributed by atoms with E-state index in [4.69, 9.17) is 4.42 Å². The fraction of sp³-hybridized carbons (Fsp3) is 0.270. The van der Waals surface area contributed by atoms with Crippen LogP contribution >= 0.6 is 0 Å². The van der Waals surface area contributed by atoms with Crippen LogP contribution in [0.25, 0.3) is 55.1 Å². The summed E-state index contributed by atoms with van der Waals surface area (Å²) >= 11 is 0. The monoisotopic (exact) mass is 510 g/mol. The van der Waals surface area contributed by atoms with Gasteiger partial charge in [-0.05, 0) is 69.9 Å². The maximum atomic E-state index is 7.05. The van der Waals surface area contributed by atoms with Crippen molar-refractivity contribution in [1.29, 1.82) is 0 Å². The Hall–Kier alpha value is -3.91. The largest absolute Gasteiger partial charge is 0.454 e. The number of aromatic nitrogens is 1. The lowest BCUT2D eigenvalue weighted by Gasteiger charge is -2.42. The maximum absolute atomic E-state index is 7.05. The third kappa shape index (κ3) is 3.58. The highest BCUT2D eigenvalue weighted by Crippen LogP contribution is 2.51. The van der Waals surface area contributed by atoms with Crippen LogP contribution in [0, 0.1) is 6.92 Å². The Labute approximate surface area is 230 Å². The molecule has 0 saturated heterocycles. The van der Waals surface area contributed by atoms with Crippen LogP contribution in [-0.4, -0.2) is 0 Å². The third-order valence-electron chi connectivity index (χ3n) is 9.29. The molecule has 2 nitrogen and oxygen atoms in total. The number of aryl methyl sites for hydroxylation is 2. The number of nitrogens with zero attached hydrogens (tertiary/aromatic N) is 1. The molecule has 0 spiro atoms. The molecule has 0 unspecified atom stereocenters. The lowest BCUT2D eigenvalue weighted by Crippen LogP contribution is -2.34. The Morgan fingerprint density at radius 3 is 2.21 bits per heavy atom. The zero-order valence-electron chi connectivity index (χ0n) is 23.9. The van der Waals surface area contributed by atoms with Crippen LogP contribution in [0.1, 0.15) is 57.2 Å². The minimum Gasteiger partial charge on any atom is -0.454 e. The molecule has 1 aliphatic carbocycles. The first kappa shape index (κ1) is 24.2. The fourth-order valence-corrected chi connectivity index (χ4v) is 6.90. The highest BCUT2D eigenvalue weighted by molar-refractivity contribution is 6.18. The standard InChI is InChI=1S/C37H36NO/c1-23-12-15-27-28-16-13-25-14-17-29-33(37(4,5)20-19-36(29,2)3)32(25)35(28)39-34(27)31(23)30-22-26(18-21-38(30)6)24-10-8-7-9-11-24/h7-18,21-22H,19-20H2,1-6H3/q+1. The fourth-order valence-electron chi connectivity index (χ4n) is 6.90. The highest BCUT2D eigenvalue weighted by atomic mass is 16.3. The number of hydrogen-bond donors (Lipinski definition) is 0. The third-order valence-corrected chi connectivity index (χ3v) is 9.29. The van der Waals surface area contributed by atoms with Crippen molar-refractivity contribution in [1.82, 2.24) is 0 Å². The van der Waals surface area contributed by atoms with Crippen molar-refractivity contribution in [3.8, 4) is 22.4 Å². The van der Waals surface area contributed by atoms with Crippen LogP contribution in [0.2, 0.25) is 0 Å². The van der Waals surface area contributed by atoms with Gasteiger partial charge >= 0.3 is 0 Å². The summed E-state index contributed by atoms with van der Waals surface area (Å²) in [4.78, 5) is 0. The number of fused-ring (bicyclic) bond motifs is 7. The van der Waals surface area contributed by atoms with Crippen molar-refractivity contribution in [2.75, 3.05) is 0 Å². The average molecular weight is 511 g/mol. The lowest BCUT2D eigenvalue weighted by molar-refractivity contribution is -0.660. The number of rotatable bonds is 2. The molecule has 0 amide bonds. The SMILES string of the molecule is Cc1ccc2c(oc3c2ccc2ccc4c(c23)C(C)(C)CCC4(C)C)c1-c1cc(-c2ccccc2)cc[n+]1C. The molecule has 2 heterocycles. The normalized spacial score (nSPS) is 16.2. The molecule has 4 aromatic carbocycles. The van der Waals surface area contributed by atoms with Crippen molar-refractivity contribution in [3.05, 3.63) is 102 Å². The summed E-state index contributed by atoms with van der Waals surface area (Å²) in [6.07, 6.45) is 4.54. The van der Waals surface area contributed by atoms with Gasteiger partial charge in [-0.15, -0.1) is 0 Å². The second kappa shape index (κ2) is 8.29. The molecule has 0 radical (unpaired) electrons. The molecular formula is C37H36NO+. The van der Waals surface area contributed by atoms with Gasteiger partial charge in [-0.3, -0.25) is 0 Å². The molecule has 0 bridgehead atoms. The Balaban J connectivity index is 1.57. The Morgan fingerprint density at radius 1 is 0.718 bits per heavy atom. The van der Waals surface area contributed by atoms with Gasteiger partial charge < -0.3 is 4.42 Å². The van der Waals surface area contributed by atoms with E-state index in [1.54, 1.807) is 0 Å². The van der Waals surface area contributed by atoms with Gasteiger partial charge in [0.15, 0.2) is 6.20 Å². The Bertz CT molecular complexity index is 1920. The van der Waals surface area contributed by atoms with E-state index in [-0.39, 0.29) is 10.8 Å². The molecule has 0 atom stereocenters. The Morgan fingerprint density at radius 2 is 1.41 bits per heavy atom. The topological polar surface area (TPSA) is 17.0 Å². The zero-order valence-corrected chi connectivity index (χ0v) is 23.9. The lowest BCUT2D eigenvalue weighted by atomic mass is 9.62. The second-order valence-electron chi connectivity index (χ2n) is 12.8. The minimum absolute atomic E-state index is 0.0901. The van der Waals surface area contributed by atoms with Gasteiger partial charge in [-0.2, -0.15) is 0 Å². The van der Waals surface area contributed by atoms with Crippen LogP contribution in [0.3, 0.4) is 0 Å². The predicted molar refractivity (Wildman–Crippen MR) is 163 cm³/mol. The zero-order chi connectivity index (χ0) is 27.1. The van der Waals surface area contributed by atoms with Crippen LogP contribution < -0.4 is 4.57 Å². The second-order valence-corrected chi connectivity index (χ2v) is 12.8. The Kier molecular flexibility index (Phi) is 5.14. The molecule has 0 fully saturated rings. The maximum Gasteiger partial charge on any atom is 0.216 e. The average Bonchev–Trinajstić information content (AvgIpc) is 3.31. The minimum atomic E-state index is 0.0901. The molecule has 194 valence electrons. The number of hydrogen-bond acceptors (Lipinski definition) is 1. The van der Waals surface area contributed by atoms with Gasteiger partial charge in [0.2, 0.25) is 5.69 Å². The predicted octanol–water partition coefficient (Wildman–Crippen LogP) is 9.56. The quantitative estimate of drug-likeness (QED) is 0.212. The molecular weight excluding hydrogens is 474 g/mol. The summed E-state index contributed by atoms with van der Waals surface area (Å²) in [6.45, 7) is 11.8. The molecule has 6 aromatic rings. The van der Waals surface area contributed by atoms with Gasteiger partial charge in [-0.25, -0.2) is 4.57 Å². The van der Waals surface area contributed by atoms with Crippen LogP contribution in [0.5, 0.6) is 0 Å². The summed E-state index contributed by atoms with van der Waals surface area (Å²) in [5.41, 5.74) is 11.2. The highest BCUT2D eigenvalue weighted by Gasteiger charge is 2.39. The van der Waals surface area contributed by atoms with Crippen LogP contribution in [-0.2, 0) is 17.9 Å². The van der Waals surface area contributed by atoms with E-state index in [1.807, 2.05) is 0 Å². The van der Waals surface area contributed by atoms with E-state index in [0.717, 1.165) is 16.9 Å². The molecule has 1 aliphatic rings. The number of pyridine rings is 1. The van der Waals surface area contributed by atoms with E-state index in [2.05, 4.69) is 131 Å². The summed E-state index contributed by atoms with van der Waals surface area (Å²) in [5, 5.41) is 4.95. The smallest absolute Gasteiger partial charge is 0.216 e. The molecule has 0 N–H and O–H groups in total. The van der Waals surface area contributed by atoms with Crippen LogP contribution in [0.15, 0.2) is 89.5 Å².